The van der Waals surface area contributed by atoms with Crippen molar-refractivity contribution in [3.63, 3.8) is 0 Å². The quantitative estimate of drug-likeness (QED) is 0.376. The van der Waals surface area contributed by atoms with Gasteiger partial charge in [0.2, 0.25) is 11.8 Å². The van der Waals surface area contributed by atoms with Crippen molar-refractivity contribution in [3.05, 3.63) is 12.7 Å². The Morgan fingerprint density at radius 2 is 2.20 bits per heavy atom. The summed E-state index contributed by atoms with van der Waals surface area (Å²) in [5.41, 5.74) is 4.98. The molecule has 15 heavy (non-hydrogen) atoms. The Kier molecular flexibility index (Phi) is 7.27. The summed E-state index contributed by atoms with van der Waals surface area (Å²) >= 11 is 0. The third kappa shape index (κ3) is 7.69. The molecule has 0 fully saturated rings. The first kappa shape index (κ1) is 13.6. The smallest absolute Gasteiger partial charge is 0.237 e. The van der Waals surface area contributed by atoms with Gasteiger partial charge in [0.05, 0.1) is 6.04 Å². The molecule has 2 amide bonds. The van der Waals surface area contributed by atoms with Crippen molar-refractivity contribution in [1.82, 2.24) is 10.6 Å². The van der Waals surface area contributed by atoms with E-state index in [1.54, 1.807) is 13.0 Å². The van der Waals surface area contributed by atoms with Gasteiger partial charge >= 0.3 is 0 Å². The van der Waals surface area contributed by atoms with Gasteiger partial charge in [-0.15, -0.1) is 6.58 Å². The minimum atomic E-state index is -0.319. The van der Waals surface area contributed by atoms with Crippen molar-refractivity contribution in [2.75, 3.05) is 13.1 Å². The van der Waals surface area contributed by atoms with Gasteiger partial charge in [0, 0.05) is 13.0 Å². The van der Waals surface area contributed by atoms with E-state index in [0.29, 0.717) is 25.9 Å². The zero-order valence-electron chi connectivity index (χ0n) is 9.08. The first-order valence-corrected chi connectivity index (χ1v) is 4.98. The zero-order valence-corrected chi connectivity index (χ0v) is 9.08. The molecule has 0 aromatic rings. The maximum atomic E-state index is 11.3. The van der Waals surface area contributed by atoms with Crippen LogP contribution in [0.3, 0.4) is 0 Å². The molecule has 4 N–H and O–H groups in total. The summed E-state index contributed by atoms with van der Waals surface area (Å²) in [4.78, 5) is 21.7. The summed E-state index contributed by atoms with van der Waals surface area (Å²) in [6.45, 7) is 6.33. The summed E-state index contributed by atoms with van der Waals surface area (Å²) in [7, 11) is 0. The van der Waals surface area contributed by atoms with Crippen LogP contribution in [0.1, 0.15) is 19.8 Å². The molecule has 0 aromatic carbocycles. The van der Waals surface area contributed by atoms with E-state index in [0.717, 1.165) is 0 Å². The van der Waals surface area contributed by atoms with Crippen LogP contribution in [-0.4, -0.2) is 30.9 Å². The standard InChI is InChI=1S/C10H19N3O2/c1-3-6-13-10(15)8(2)12-7-4-5-9(11)14/h3,8,12H,1,4-7H2,2H3,(H2,11,14)(H,13,15). The van der Waals surface area contributed by atoms with Gasteiger partial charge in [0.25, 0.3) is 0 Å². The summed E-state index contributed by atoms with van der Waals surface area (Å²) < 4.78 is 0. The van der Waals surface area contributed by atoms with Crippen molar-refractivity contribution in [2.45, 2.75) is 25.8 Å². The molecule has 0 saturated carbocycles. The molecule has 1 atom stereocenters. The Labute approximate surface area is 90.1 Å². The normalized spacial score (nSPS) is 11.8. The molecule has 0 aliphatic carbocycles. The van der Waals surface area contributed by atoms with Crippen molar-refractivity contribution in [2.24, 2.45) is 5.73 Å². The second kappa shape index (κ2) is 7.99. The molecule has 0 rings (SSSR count). The Bertz CT molecular complexity index is 229. The van der Waals surface area contributed by atoms with Crippen LogP contribution in [0.2, 0.25) is 0 Å². The second-order valence-electron chi connectivity index (χ2n) is 3.28. The Balaban J connectivity index is 3.54. The van der Waals surface area contributed by atoms with Crippen LogP contribution < -0.4 is 16.4 Å². The Morgan fingerprint density at radius 1 is 1.53 bits per heavy atom. The average Bonchev–Trinajstić information content (AvgIpc) is 2.20. The lowest BCUT2D eigenvalue weighted by molar-refractivity contribution is -0.122. The van der Waals surface area contributed by atoms with Crippen LogP contribution in [0.4, 0.5) is 0 Å². The molecule has 0 aliphatic heterocycles. The van der Waals surface area contributed by atoms with Gasteiger partial charge in [-0.1, -0.05) is 6.08 Å². The van der Waals surface area contributed by atoms with E-state index in [-0.39, 0.29) is 17.9 Å². The number of hydrogen-bond acceptors (Lipinski definition) is 3. The molecule has 0 bridgehead atoms. The molecular weight excluding hydrogens is 194 g/mol. The highest BCUT2D eigenvalue weighted by Gasteiger charge is 2.09. The number of primary amides is 1. The van der Waals surface area contributed by atoms with E-state index in [2.05, 4.69) is 17.2 Å². The predicted molar refractivity (Wildman–Crippen MR) is 59.1 cm³/mol. The SMILES string of the molecule is C=CCNC(=O)C(C)NCCCC(N)=O. The summed E-state index contributed by atoms with van der Waals surface area (Å²) in [5, 5.41) is 5.66. The highest BCUT2D eigenvalue weighted by atomic mass is 16.2. The zero-order chi connectivity index (χ0) is 11.7. The summed E-state index contributed by atoms with van der Waals surface area (Å²) in [5.74, 6) is -0.394. The minimum absolute atomic E-state index is 0.0750. The van der Waals surface area contributed by atoms with Crippen LogP contribution in [0.15, 0.2) is 12.7 Å². The summed E-state index contributed by atoms with van der Waals surface area (Å²) in [6, 6.07) is -0.266. The van der Waals surface area contributed by atoms with Gasteiger partial charge in [0.15, 0.2) is 0 Å². The van der Waals surface area contributed by atoms with Crippen molar-refractivity contribution in [3.8, 4) is 0 Å². The number of nitrogens with one attached hydrogen (secondary N) is 2. The topological polar surface area (TPSA) is 84.2 Å². The maximum absolute atomic E-state index is 11.3. The Hall–Kier alpha value is -1.36. The second-order valence-corrected chi connectivity index (χ2v) is 3.28. The van der Waals surface area contributed by atoms with Crippen LogP contribution >= 0.6 is 0 Å². The molecule has 5 nitrogen and oxygen atoms in total. The third-order valence-corrected chi connectivity index (χ3v) is 1.86. The molecule has 0 aliphatic rings. The van der Waals surface area contributed by atoms with E-state index in [1.807, 2.05) is 0 Å². The first-order valence-electron chi connectivity index (χ1n) is 4.98. The van der Waals surface area contributed by atoms with E-state index in [9.17, 15) is 9.59 Å². The molecular formula is C10H19N3O2. The van der Waals surface area contributed by atoms with Gasteiger partial charge in [-0.2, -0.15) is 0 Å². The van der Waals surface area contributed by atoms with Crippen LogP contribution in [-0.2, 0) is 9.59 Å². The van der Waals surface area contributed by atoms with E-state index in [4.69, 9.17) is 5.73 Å². The number of carbonyl (C=O) groups excluding carboxylic acids is 2. The minimum Gasteiger partial charge on any atom is -0.370 e. The molecule has 1 unspecified atom stereocenters. The highest BCUT2D eigenvalue weighted by Crippen LogP contribution is 1.87. The molecule has 5 heteroatoms. The largest absolute Gasteiger partial charge is 0.370 e. The number of nitrogens with two attached hydrogens (primary N) is 1. The average molecular weight is 213 g/mol. The van der Waals surface area contributed by atoms with Crippen molar-refractivity contribution in [1.29, 1.82) is 0 Å². The van der Waals surface area contributed by atoms with Crippen LogP contribution in [0.25, 0.3) is 0 Å². The molecule has 0 spiro atoms. The van der Waals surface area contributed by atoms with Gasteiger partial charge in [-0.05, 0) is 19.9 Å². The summed E-state index contributed by atoms with van der Waals surface area (Å²) in [6.07, 6.45) is 2.61. The lowest BCUT2D eigenvalue weighted by Gasteiger charge is -2.12. The molecule has 86 valence electrons. The van der Waals surface area contributed by atoms with Crippen molar-refractivity contribution < 1.29 is 9.59 Å². The number of amides is 2. The molecule has 0 heterocycles. The number of rotatable bonds is 8. The fourth-order valence-electron chi connectivity index (χ4n) is 1.000. The number of carbonyl (C=O) groups is 2. The van der Waals surface area contributed by atoms with E-state index < -0.39 is 0 Å². The predicted octanol–water partition coefficient (Wildman–Crippen LogP) is -0.468. The van der Waals surface area contributed by atoms with Gasteiger partial charge < -0.3 is 16.4 Å². The van der Waals surface area contributed by atoms with Crippen molar-refractivity contribution >= 4 is 11.8 Å². The molecule has 0 saturated heterocycles. The number of hydrogen-bond donors (Lipinski definition) is 3. The van der Waals surface area contributed by atoms with Gasteiger partial charge in [0.1, 0.15) is 0 Å². The molecule has 0 radical (unpaired) electrons. The fourth-order valence-corrected chi connectivity index (χ4v) is 1.000. The third-order valence-electron chi connectivity index (χ3n) is 1.86. The van der Waals surface area contributed by atoms with Gasteiger partial charge in [-0.25, -0.2) is 0 Å². The fraction of sp³-hybridized carbons (Fsp3) is 0.600. The lowest BCUT2D eigenvalue weighted by atomic mass is 10.2. The van der Waals surface area contributed by atoms with Crippen LogP contribution in [0.5, 0.6) is 0 Å². The molecule has 0 aromatic heterocycles. The monoisotopic (exact) mass is 213 g/mol. The van der Waals surface area contributed by atoms with E-state index in [1.165, 1.54) is 0 Å². The van der Waals surface area contributed by atoms with Crippen LogP contribution in [0, 0.1) is 0 Å². The van der Waals surface area contributed by atoms with E-state index >= 15 is 0 Å². The highest BCUT2D eigenvalue weighted by molar-refractivity contribution is 5.81. The van der Waals surface area contributed by atoms with Gasteiger partial charge in [-0.3, -0.25) is 9.59 Å². The lowest BCUT2D eigenvalue weighted by Crippen LogP contribution is -2.42. The first-order chi connectivity index (χ1) is 7.07. The maximum Gasteiger partial charge on any atom is 0.237 e. The Morgan fingerprint density at radius 3 is 2.73 bits per heavy atom.